The number of nitrogens with zero attached hydrogens (tertiary/aromatic N) is 2. The zero-order chi connectivity index (χ0) is 7.52. The lowest BCUT2D eigenvalue weighted by molar-refractivity contribution is -0.200. The van der Waals surface area contributed by atoms with Crippen molar-refractivity contribution in [2.75, 3.05) is 0 Å². The van der Waals surface area contributed by atoms with Crippen molar-refractivity contribution >= 4 is 12.8 Å². The van der Waals surface area contributed by atoms with Gasteiger partial charge in [-0.15, -0.1) is 10.2 Å². The van der Waals surface area contributed by atoms with E-state index < -0.39 is 12.8 Å². The van der Waals surface area contributed by atoms with Gasteiger partial charge in [0.2, 0.25) is 0 Å². The van der Waals surface area contributed by atoms with Gasteiger partial charge in [0, 0.05) is 0 Å². The summed E-state index contributed by atoms with van der Waals surface area (Å²) in [6.07, 6.45) is 1.30. The molecule has 0 aliphatic carbocycles. The Kier molecular flexibility index (Phi) is 1.48. The Labute approximate surface area is 62.0 Å². The first-order valence-corrected chi connectivity index (χ1v) is 2.96. The summed E-state index contributed by atoms with van der Waals surface area (Å²) in [5.74, 6) is 0. The fraction of sp³-hybridized carbons (Fsp3) is 0.500. The summed E-state index contributed by atoms with van der Waals surface area (Å²) in [4.78, 5) is 0. The predicted molar refractivity (Wildman–Crippen MR) is 34.1 cm³/mol. The van der Waals surface area contributed by atoms with E-state index in [9.17, 15) is 0 Å². The summed E-state index contributed by atoms with van der Waals surface area (Å²) in [5, 5.41) is 7.12. The number of ether oxygens (including phenoxy) is 3. The SMILES string of the molecule is C1=NNC(OC2NN=CO2)O1. The molecule has 2 unspecified atom stereocenters. The van der Waals surface area contributed by atoms with Crippen LogP contribution in [0.1, 0.15) is 0 Å². The van der Waals surface area contributed by atoms with E-state index in [1.807, 2.05) is 0 Å². The molecule has 0 fully saturated rings. The quantitative estimate of drug-likeness (QED) is 0.522. The van der Waals surface area contributed by atoms with Gasteiger partial charge in [0.25, 0.3) is 0 Å². The molecule has 11 heavy (non-hydrogen) atoms. The van der Waals surface area contributed by atoms with Crippen LogP contribution in [0.2, 0.25) is 0 Å². The molecule has 60 valence electrons. The van der Waals surface area contributed by atoms with E-state index in [4.69, 9.17) is 14.2 Å². The van der Waals surface area contributed by atoms with Crippen LogP contribution in [-0.2, 0) is 14.2 Å². The molecular weight excluding hydrogens is 152 g/mol. The van der Waals surface area contributed by atoms with Crippen molar-refractivity contribution in [2.24, 2.45) is 10.2 Å². The van der Waals surface area contributed by atoms with Crippen LogP contribution in [0.15, 0.2) is 10.2 Å². The lowest BCUT2D eigenvalue weighted by atomic mass is 11.0. The van der Waals surface area contributed by atoms with Gasteiger partial charge >= 0.3 is 12.8 Å². The molecule has 0 aromatic carbocycles. The molecular formula is C4H6N4O3. The first-order chi connectivity index (χ1) is 5.45. The maximum Gasteiger partial charge on any atom is 0.301 e. The van der Waals surface area contributed by atoms with Gasteiger partial charge in [-0.2, -0.15) is 0 Å². The Balaban J connectivity index is 1.73. The molecule has 2 aliphatic heterocycles. The molecule has 0 bridgehead atoms. The molecule has 0 saturated heterocycles. The molecule has 0 amide bonds. The van der Waals surface area contributed by atoms with Crippen molar-refractivity contribution < 1.29 is 14.2 Å². The summed E-state index contributed by atoms with van der Waals surface area (Å²) < 4.78 is 14.7. The zero-order valence-corrected chi connectivity index (χ0v) is 5.43. The second-order valence-electron chi connectivity index (χ2n) is 1.80. The van der Waals surface area contributed by atoms with Crippen molar-refractivity contribution in [3.8, 4) is 0 Å². The first kappa shape index (κ1) is 6.23. The predicted octanol–water partition coefficient (Wildman–Crippen LogP) is -1.30. The molecule has 7 nitrogen and oxygen atoms in total. The van der Waals surface area contributed by atoms with E-state index in [0.29, 0.717) is 0 Å². The van der Waals surface area contributed by atoms with E-state index in [1.54, 1.807) is 0 Å². The van der Waals surface area contributed by atoms with Crippen molar-refractivity contribution in [2.45, 2.75) is 12.8 Å². The highest BCUT2D eigenvalue weighted by Gasteiger charge is 2.20. The molecule has 7 heteroatoms. The van der Waals surface area contributed by atoms with Crippen molar-refractivity contribution in [3.63, 3.8) is 0 Å². The van der Waals surface area contributed by atoms with E-state index in [1.165, 1.54) is 12.8 Å². The van der Waals surface area contributed by atoms with Gasteiger partial charge in [0.1, 0.15) is 0 Å². The van der Waals surface area contributed by atoms with Crippen LogP contribution in [-0.4, -0.2) is 25.6 Å². The van der Waals surface area contributed by atoms with Gasteiger partial charge < -0.3 is 9.47 Å². The van der Waals surface area contributed by atoms with Crippen molar-refractivity contribution in [1.29, 1.82) is 0 Å². The molecule has 0 aromatic rings. The average Bonchev–Trinajstić information content (AvgIpc) is 2.60. The standard InChI is InChI=1S/C4H6N4O3/c1-5-7-3(9-1)11-4-8-6-2-10-4/h1-4,7-8H. The lowest BCUT2D eigenvalue weighted by Crippen LogP contribution is -2.35. The fourth-order valence-electron chi connectivity index (χ4n) is 0.652. The summed E-state index contributed by atoms with van der Waals surface area (Å²) in [6.45, 7) is 0. The molecule has 2 atom stereocenters. The van der Waals surface area contributed by atoms with Crippen molar-refractivity contribution in [3.05, 3.63) is 0 Å². The van der Waals surface area contributed by atoms with Gasteiger partial charge in [-0.05, 0) is 0 Å². The average molecular weight is 158 g/mol. The van der Waals surface area contributed by atoms with Crippen LogP contribution in [0.25, 0.3) is 0 Å². The number of hydrogen-bond donors (Lipinski definition) is 2. The Bertz CT molecular complexity index is 158. The molecule has 2 heterocycles. The summed E-state index contributed by atoms with van der Waals surface area (Å²) >= 11 is 0. The summed E-state index contributed by atoms with van der Waals surface area (Å²) in [5.41, 5.74) is 5.07. The first-order valence-electron chi connectivity index (χ1n) is 2.96. The maximum atomic E-state index is 5.06. The minimum absolute atomic E-state index is 0.603. The Morgan fingerprint density at radius 2 is 1.64 bits per heavy atom. The maximum absolute atomic E-state index is 5.06. The molecule has 2 aliphatic rings. The Morgan fingerprint density at radius 3 is 2.00 bits per heavy atom. The zero-order valence-electron chi connectivity index (χ0n) is 5.43. The minimum atomic E-state index is -0.603. The fourth-order valence-corrected chi connectivity index (χ4v) is 0.652. The van der Waals surface area contributed by atoms with Crippen LogP contribution >= 0.6 is 0 Å². The highest BCUT2D eigenvalue weighted by Crippen LogP contribution is 2.01. The number of rotatable bonds is 2. The molecule has 2 N–H and O–H groups in total. The number of nitrogens with one attached hydrogen (secondary N) is 2. The molecule has 0 saturated carbocycles. The minimum Gasteiger partial charge on any atom is -0.433 e. The monoisotopic (exact) mass is 158 g/mol. The normalized spacial score (nSPS) is 32.4. The third kappa shape index (κ3) is 1.32. The summed E-state index contributed by atoms with van der Waals surface area (Å²) in [7, 11) is 0. The van der Waals surface area contributed by atoms with Crippen LogP contribution in [0.4, 0.5) is 0 Å². The number of hydrazone groups is 2. The van der Waals surface area contributed by atoms with Crippen molar-refractivity contribution in [1.82, 2.24) is 10.9 Å². The lowest BCUT2D eigenvalue weighted by Gasteiger charge is -2.14. The molecule has 0 aromatic heterocycles. The molecule has 0 radical (unpaired) electrons. The second kappa shape index (κ2) is 2.62. The van der Waals surface area contributed by atoms with Gasteiger partial charge in [0.05, 0.1) is 0 Å². The van der Waals surface area contributed by atoms with Gasteiger partial charge in [0.15, 0.2) is 12.8 Å². The van der Waals surface area contributed by atoms with Crippen LogP contribution < -0.4 is 10.9 Å². The largest absolute Gasteiger partial charge is 0.433 e. The van der Waals surface area contributed by atoms with E-state index in [0.717, 1.165) is 0 Å². The summed E-state index contributed by atoms with van der Waals surface area (Å²) in [6, 6.07) is 0. The van der Waals surface area contributed by atoms with E-state index in [2.05, 4.69) is 21.1 Å². The highest BCUT2D eigenvalue weighted by atomic mass is 16.8. The van der Waals surface area contributed by atoms with E-state index in [-0.39, 0.29) is 0 Å². The smallest absolute Gasteiger partial charge is 0.301 e. The van der Waals surface area contributed by atoms with Crippen LogP contribution in [0.5, 0.6) is 0 Å². The topological polar surface area (TPSA) is 76.5 Å². The highest BCUT2D eigenvalue weighted by molar-refractivity contribution is 5.48. The Hall–Kier alpha value is -1.50. The third-order valence-electron chi connectivity index (χ3n) is 1.08. The van der Waals surface area contributed by atoms with Gasteiger partial charge in [-0.1, -0.05) is 0 Å². The van der Waals surface area contributed by atoms with Gasteiger partial charge in [-0.3, -0.25) is 4.74 Å². The van der Waals surface area contributed by atoms with Crippen LogP contribution in [0.3, 0.4) is 0 Å². The number of hydrogen-bond acceptors (Lipinski definition) is 7. The van der Waals surface area contributed by atoms with E-state index >= 15 is 0 Å². The third-order valence-corrected chi connectivity index (χ3v) is 1.08. The molecule has 0 spiro atoms. The molecule has 2 rings (SSSR count). The van der Waals surface area contributed by atoms with Gasteiger partial charge in [-0.25, -0.2) is 10.9 Å². The second-order valence-corrected chi connectivity index (χ2v) is 1.80. The van der Waals surface area contributed by atoms with Crippen LogP contribution in [0, 0.1) is 0 Å². The Morgan fingerprint density at radius 1 is 1.09 bits per heavy atom.